The lowest BCUT2D eigenvalue weighted by molar-refractivity contribution is -0.118. The van der Waals surface area contributed by atoms with Gasteiger partial charge in [-0.15, -0.1) is 0 Å². The number of amides is 1. The molecule has 0 bridgehead atoms. The number of imidazole rings is 1. The summed E-state index contributed by atoms with van der Waals surface area (Å²) in [5.74, 6) is -0.604. The molecular formula is C24H33F2N5O. The number of aryl methyl sites for hydroxylation is 1. The molecule has 1 heterocycles. The van der Waals surface area contributed by atoms with Crippen LogP contribution >= 0.6 is 0 Å². The third kappa shape index (κ3) is 5.02. The number of carbonyl (C=O) groups is 1. The molecule has 2 aliphatic carbocycles. The first-order valence-corrected chi connectivity index (χ1v) is 11.5. The van der Waals surface area contributed by atoms with E-state index in [1.54, 1.807) is 6.33 Å². The molecule has 6 nitrogen and oxygen atoms in total. The molecule has 0 aliphatic heterocycles. The van der Waals surface area contributed by atoms with Crippen LogP contribution in [-0.2, 0) is 23.2 Å². The zero-order chi connectivity index (χ0) is 22.9. The second-order valence-corrected chi connectivity index (χ2v) is 9.59. The van der Waals surface area contributed by atoms with Crippen molar-refractivity contribution in [3.05, 3.63) is 47.4 Å². The van der Waals surface area contributed by atoms with Crippen LogP contribution in [0.2, 0.25) is 0 Å². The molecule has 1 aromatic carbocycles. The molecule has 1 aromatic heterocycles. The summed E-state index contributed by atoms with van der Waals surface area (Å²) in [5.41, 5.74) is 1.37. The summed E-state index contributed by atoms with van der Waals surface area (Å²) in [4.78, 5) is 19.6. The van der Waals surface area contributed by atoms with Crippen molar-refractivity contribution in [2.45, 2.75) is 69.5 Å². The maximum Gasteiger partial charge on any atom is 0.242 e. The van der Waals surface area contributed by atoms with E-state index in [0.29, 0.717) is 30.6 Å². The first kappa shape index (κ1) is 22.9. The van der Waals surface area contributed by atoms with Gasteiger partial charge in [0.1, 0.15) is 11.6 Å². The summed E-state index contributed by atoms with van der Waals surface area (Å²) in [6, 6.07) is 1.94. The molecule has 1 saturated carbocycles. The SMILES string of the molecule is CCC[C@H](N[C@H]1CCc2cc(F)cc(F)c2C1)C(=O)Nc1cn(C2(CN(C)C)CC2)cn1. The molecule has 2 N–H and O–H groups in total. The Balaban J connectivity index is 1.39. The van der Waals surface area contributed by atoms with Gasteiger partial charge in [-0.05, 0) is 69.8 Å². The van der Waals surface area contributed by atoms with E-state index in [4.69, 9.17) is 0 Å². The third-order valence-corrected chi connectivity index (χ3v) is 6.62. The second-order valence-electron chi connectivity index (χ2n) is 9.59. The van der Waals surface area contributed by atoms with Crippen LogP contribution in [0.25, 0.3) is 0 Å². The molecule has 32 heavy (non-hydrogen) atoms. The number of likely N-dealkylation sites (N-methyl/N-ethyl adjacent to an activating group) is 1. The molecule has 0 radical (unpaired) electrons. The molecule has 2 atom stereocenters. The highest BCUT2D eigenvalue weighted by atomic mass is 19.1. The maximum absolute atomic E-state index is 14.3. The highest BCUT2D eigenvalue weighted by Gasteiger charge is 2.44. The van der Waals surface area contributed by atoms with Crippen LogP contribution in [0.15, 0.2) is 24.7 Å². The number of benzene rings is 1. The van der Waals surface area contributed by atoms with Crippen LogP contribution < -0.4 is 10.6 Å². The van der Waals surface area contributed by atoms with Gasteiger partial charge in [0.15, 0.2) is 5.82 Å². The van der Waals surface area contributed by atoms with Crippen molar-refractivity contribution in [2.24, 2.45) is 0 Å². The molecule has 0 unspecified atom stereocenters. The number of anilines is 1. The number of nitrogens with zero attached hydrogens (tertiary/aromatic N) is 3. The molecule has 1 fully saturated rings. The van der Waals surface area contributed by atoms with Crippen LogP contribution in [0.1, 0.15) is 50.2 Å². The maximum atomic E-state index is 14.3. The highest BCUT2D eigenvalue weighted by Crippen LogP contribution is 2.44. The predicted molar refractivity (Wildman–Crippen MR) is 121 cm³/mol. The van der Waals surface area contributed by atoms with Gasteiger partial charge in [-0.25, -0.2) is 13.8 Å². The highest BCUT2D eigenvalue weighted by molar-refractivity contribution is 5.94. The summed E-state index contributed by atoms with van der Waals surface area (Å²) in [5, 5.41) is 6.38. The number of aromatic nitrogens is 2. The molecule has 2 aliphatic rings. The fourth-order valence-electron chi connectivity index (χ4n) is 4.88. The summed E-state index contributed by atoms with van der Waals surface area (Å²) < 4.78 is 29.9. The van der Waals surface area contributed by atoms with Gasteiger partial charge in [0, 0.05) is 24.8 Å². The van der Waals surface area contributed by atoms with Crippen molar-refractivity contribution < 1.29 is 13.6 Å². The van der Waals surface area contributed by atoms with Gasteiger partial charge < -0.3 is 20.1 Å². The molecule has 0 saturated heterocycles. The molecule has 2 aromatic rings. The Hall–Kier alpha value is -2.32. The van der Waals surface area contributed by atoms with Gasteiger partial charge in [0.25, 0.3) is 0 Å². The van der Waals surface area contributed by atoms with Crippen molar-refractivity contribution in [1.29, 1.82) is 0 Å². The topological polar surface area (TPSA) is 62.2 Å². The summed E-state index contributed by atoms with van der Waals surface area (Å²) in [7, 11) is 4.12. The largest absolute Gasteiger partial charge is 0.328 e. The molecule has 174 valence electrons. The smallest absolute Gasteiger partial charge is 0.242 e. The number of halogens is 2. The minimum absolute atomic E-state index is 0.0304. The van der Waals surface area contributed by atoms with Gasteiger partial charge in [0.2, 0.25) is 5.91 Å². The third-order valence-electron chi connectivity index (χ3n) is 6.62. The van der Waals surface area contributed by atoms with E-state index >= 15 is 0 Å². The Morgan fingerprint density at radius 3 is 2.81 bits per heavy atom. The van der Waals surface area contributed by atoms with Crippen molar-refractivity contribution in [3.8, 4) is 0 Å². The Kier molecular flexibility index (Phi) is 6.62. The van der Waals surface area contributed by atoms with Crippen LogP contribution in [0.4, 0.5) is 14.6 Å². The first-order chi connectivity index (χ1) is 15.3. The van der Waals surface area contributed by atoms with Crippen molar-refractivity contribution in [3.63, 3.8) is 0 Å². The molecule has 4 rings (SSSR count). The van der Waals surface area contributed by atoms with Crippen LogP contribution in [0.3, 0.4) is 0 Å². The predicted octanol–water partition coefficient (Wildman–Crippen LogP) is 3.47. The monoisotopic (exact) mass is 445 g/mol. The Morgan fingerprint density at radius 1 is 1.34 bits per heavy atom. The van der Waals surface area contributed by atoms with Crippen molar-refractivity contribution in [2.75, 3.05) is 26.0 Å². The first-order valence-electron chi connectivity index (χ1n) is 11.5. The van der Waals surface area contributed by atoms with Gasteiger partial charge in [-0.2, -0.15) is 0 Å². The van der Waals surface area contributed by atoms with E-state index in [0.717, 1.165) is 43.9 Å². The quantitative estimate of drug-likeness (QED) is 0.621. The fourth-order valence-corrected chi connectivity index (χ4v) is 4.88. The van der Waals surface area contributed by atoms with E-state index in [-0.39, 0.29) is 17.5 Å². The van der Waals surface area contributed by atoms with Crippen molar-refractivity contribution in [1.82, 2.24) is 19.8 Å². The lowest BCUT2D eigenvalue weighted by Crippen LogP contribution is -2.48. The standard InChI is InChI=1S/C24H33F2N5O/c1-4-5-21(28-18-7-6-16-10-17(25)11-20(26)19(16)12-18)23(32)29-22-13-31(15-27-22)24(8-9-24)14-30(2)3/h10-11,13,15,18,21,28H,4-9,12,14H2,1-3H3,(H,29,32)/t18-,21-/m0/s1. The van der Waals surface area contributed by atoms with E-state index in [1.807, 2.05) is 13.1 Å². The summed E-state index contributed by atoms with van der Waals surface area (Å²) in [6.07, 6.45) is 9.24. The van der Waals surface area contributed by atoms with E-state index in [1.165, 1.54) is 6.07 Å². The van der Waals surface area contributed by atoms with E-state index in [2.05, 4.69) is 39.2 Å². The average molecular weight is 446 g/mol. The molecule has 1 amide bonds. The number of carbonyl (C=O) groups excluding carboxylic acids is 1. The Morgan fingerprint density at radius 2 is 2.12 bits per heavy atom. The number of hydrogen-bond donors (Lipinski definition) is 2. The van der Waals surface area contributed by atoms with Gasteiger partial charge in [-0.3, -0.25) is 4.79 Å². The lowest BCUT2D eigenvalue weighted by atomic mass is 9.87. The molecule has 8 heteroatoms. The van der Waals surface area contributed by atoms with Crippen LogP contribution in [0, 0.1) is 11.6 Å². The van der Waals surface area contributed by atoms with Gasteiger partial charge >= 0.3 is 0 Å². The average Bonchev–Trinajstić information content (AvgIpc) is 3.34. The zero-order valence-electron chi connectivity index (χ0n) is 19.1. The van der Waals surface area contributed by atoms with Crippen LogP contribution in [0.5, 0.6) is 0 Å². The number of nitrogens with one attached hydrogen (secondary N) is 2. The van der Waals surface area contributed by atoms with E-state index < -0.39 is 17.7 Å². The number of rotatable bonds is 9. The second kappa shape index (κ2) is 9.27. The zero-order valence-corrected chi connectivity index (χ0v) is 19.1. The lowest BCUT2D eigenvalue weighted by Gasteiger charge is -2.29. The minimum atomic E-state index is -0.533. The van der Waals surface area contributed by atoms with Gasteiger partial charge in [0.05, 0.1) is 17.9 Å². The summed E-state index contributed by atoms with van der Waals surface area (Å²) in [6.45, 7) is 2.98. The summed E-state index contributed by atoms with van der Waals surface area (Å²) >= 11 is 0. The minimum Gasteiger partial charge on any atom is -0.328 e. The van der Waals surface area contributed by atoms with E-state index in [9.17, 15) is 13.6 Å². The van der Waals surface area contributed by atoms with Crippen LogP contribution in [-0.4, -0.2) is 53.1 Å². The van der Waals surface area contributed by atoms with Gasteiger partial charge in [-0.1, -0.05) is 13.3 Å². The Bertz CT molecular complexity index is 969. The fraction of sp³-hybridized carbons (Fsp3) is 0.583. The Labute approximate surface area is 188 Å². The number of hydrogen-bond acceptors (Lipinski definition) is 4. The molecular weight excluding hydrogens is 412 g/mol. The number of fused-ring (bicyclic) bond motifs is 1. The van der Waals surface area contributed by atoms with Crippen molar-refractivity contribution >= 4 is 11.7 Å². The normalized spacial score (nSPS) is 20.1. The molecule has 0 spiro atoms.